The van der Waals surface area contributed by atoms with Gasteiger partial charge in [-0.25, -0.2) is 9.13 Å². The Bertz CT molecular complexity index is 437. The van der Waals surface area contributed by atoms with Crippen molar-refractivity contribution in [3.63, 3.8) is 0 Å². The lowest BCUT2D eigenvalue weighted by Gasteiger charge is -1.85. The van der Waals surface area contributed by atoms with Crippen LogP contribution in [0.1, 0.15) is 10.6 Å². The fourth-order valence-corrected chi connectivity index (χ4v) is 1.66. The first-order chi connectivity index (χ1) is 6.25. The molecule has 1 aromatic carbocycles. The molecule has 14 heavy (non-hydrogen) atoms. The van der Waals surface area contributed by atoms with Crippen LogP contribution in [-0.2, 0) is 14.1 Å². The van der Waals surface area contributed by atoms with E-state index in [9.17, 15) is 4.79 Å². The molecule has 0 N–H and O–H groups in total. The molecule has 2 aromatic rings. The van der Waals surface area contributed by atoms with Crippen molar-refractivity contribution in [2.45, 2.75) is 0 Å². The van der Waals surface area contributed by atoms with Crippen LogP contribution in [0.5, 0.6) is 0 Å². The first kappa shape index (κ1) is 11.2. The van der Waals surface area contributed by atoms with E-state index < -0.39 is 0 Å². The molecule has 3 nitrogen and oxygen atoms in total. The Morgan fingerprint density at radius 1 is 1.36 bits per heavy atom. The van der Waals surface area contributed by atoms with Crippen molar-refractivity contribution >= 4 is 17.3 Å². The number of carbonyl (C=O) groups excluding carboxylic acids is 1. The molecule has 0 radical (unpaired) electrons. The van der Waals surface area contributed by atoms with Crippen molar-refractivity contribution in [2.75, 3.05) is 0 Å². The highest BCUT2D eigenvalue weighted by Gasteiger charge is 2.17. The molecule has 0 saturated heterocycles. The lowest BCUT2D eigenvalue weighted by atomic mass is 10.3. The summed E-state index contributed by atoms with van der Waals surface area (Å²) in [4.78, 5) is 10.8. The average molecular weight is 302 g/mol. The Labute approximate surface area is 99.4 Å². The van der Waals surface area contributed by atoms with Crippen LogP contribution in [-0.4, -0.2) is 10.9 Å². The maximum absolute atomic E-state index is 10.8. The number of hydrogen-bond donors (Lipinski definition) is 0. The molecule has 0 amide bonds. The number of aldehydes is 1. The van der Waals surface area contributed by atoms with Crippen molar-refractivity contribution in [3.05, 3.63) is 30.1 Å². The summed E-state index contributed by atoms with van der Waals surface area (Å²) in [5, 5.41) is 0. The van der Waals surface area contributed by atoms with E-state index in [-0.39, 0.29) is 24.0 Å². The topological polar surface area (TPSA) is 25.9 Å². The summed E-state index contributed by atoms with van der Waals surface area (Å²) in [5.41, 5.74) is 2.15. The van der Waals surface area contributed by atoms with Crippen molar-refractivity contribution < 1.29 is 33.3 Å². The molecule has 2 rings (SSSR count). The number of nitrogens with zero attached hydrogens (tertiary/aromatic N) is 2. The molecule has 0 aliphatic carbocycles. The summed E-state index contributed by atoms with van der Waals surface area (Å²) in [7, 11) is 3.79. The molecule has 0 spiro atoms. The second-order valence-corrected chi connectivity index (χ2v) is 3.08. The lowest BCUT2D eigenvalue weighted by molar-refractivity contribution is -0.647. The monoisotopic (exact) mass is 302 g/mol. The largest absolute Gasteiger partial charge is 1.00 e. The molecule has 0 atom stereocenters. The van der Waals surface area contributed by atoms with Gasteiger partial charge in [0.25, 0.3) is 0 Å². The van der Waals surface area contributed by atoms with Crippen molar-refractivity contribution in [3.8, 4) is 0 Å². The molecule has 1 aromatic heterocycles. The minimum atomic E-state index is 0. The fourth-order valence-electron chi connectivity index (χ4n) is 1.66. The third-order valence-corrected chi connectivity index (χ3v) is 2.40. The maximum atomic E-state index is 10.8. The fraction of sp³-hybridized carbons (Fsp3) is 0.200. The minimum absolute atomic E-state index is 0. The number of halogens is 1. The molecule has 1 heterocycles. The Morgan fingerprint density at radius 2 is 2.00 bits per heavy atom. The number of rotatable bonds is 1. The smallest absolute Gasteiger partial charge is 0.322 e. The molecular formula is C10H11IN2O. The first-order valence-corrected chi connectivity index (χ1v) is 4.14. The van der Waals surface area contributed by atoms with Gasteiger partial charge in [0.2, 0.25) is 6.29 Å². The third-order valence-electron chi connectivity index (χ3n) is 2.40. The van der Waals surface area contributed by atoms with Gasteiger partial charge in [-0.05, 0) is 12.1 Å². The summed E-state index contributed by atoms with van der Waals surface area (Å²) in [5.74, 6) is 0.682. The first-order valence-electron chi connectivity index (χ1n) is 4.14. The van der Waals surface area contributed by atoms with Gasteiger partial charge in [-0.3, -0.25) is 4.79 Å². The Balaban J connectivity index is 0.000000980. The van der Waals surface area contributed by atoms with Crippen LogP contribution >= 0.6 is 0 Å². The van der Waals surface area contributed by atoms with Crippen molar-refractivity contribution in [1.29, 1.82) is 0 Å². The van der Waals surface area contributed by atoms with E-state index in [0.717, 1.165) is 17.3 Å². The van der Waals surface area contributed by atoms with Crippen LogP contribution in [0.15, 0.2) is 24.3 Å². The normalized spacial score (nSPS) is 9.86. The summed E-state index contributed by atoms with van der Waals surface area (Å²) in [6.45, 7) is 0. The predicted octanol–water partition coefficient (Wildman–Crippen LogP) is -2.18. The summed E-state index contributed by atoms with van der Waals surface area (Å²) < 4.78 is 3.78. The number of benzene rings is 1. The summed E-state index contributed by atoms with van der Waals surface area (Å²) in [6, 6.07) is 7.94. The van der Waals surface area contributed by atoms with Gasteiger partial charge in [0, 0.05) is 0 Å². The molecule has 0 unspecified atom stereocenters. The van der Waals surface area contributed by atoms with Gasteiger partial charge < -0.3 is 24.0 Å². The van der Waals surface area contributed by atoms with Crippen LogP contribution in [0.25, 0.3) is 11.0 Å². The summed E-state index contributed by atoms with van der Waals surface area (Å²) in [6.07, 6.45) is 0.875. The van der Waals surface area contributed by atoms with E-state index in [4.69, 9.17) is 0 Å². The molecule has 0 aliphatic rings. The Kier molecular flexibility index (Phi) is 3.25. The second-order valence-electron chi connectivity index (χ2n) is 3.08. The van der Waals surface area contributed by atoms with Crippen LogP contribution in [0, 0.1) is 0 Å². The van der Waals surface area contributed by atoms with Gasteiger partial charge >= 0.3 is 5.82 Å². The zero-order chi connectivity index (χ0) is 9.42. The molecular weight excluding hydrogens is 291 g/mol. The molecule has 0 bridgehead atoms. The van der Waals surface area contributed by atoms with E-state index in [0.29, 0.717) is 5.82 Å². The van der Waals surface area contributed by atoms with Crippen molar-refractivity contribution in [1.82, 2.24) is 4.57 Å². The van der Waals surface area contributed by atoms with E-state index in [2.05, 4.69) is 0 Å². The molecule has 74 valence electrons. The number of para-hydroxylation sites is 2. The quantitative estimate of drug-likeness (QED) is 0.334. The van der Waals surface area contributed by atoms with Gasteiger partial charge in [-0.2, -0.15) is 0 Å². The van der Waals surface area contributed by atoms with E-state index in [1.807, 2.05) is 47.5 Å². The van der Waals surface area contributed by atoms with Crippen molar-refractivity contribution in [2.24, 2.45) is 14.1 Å². The lowest BCUT2D eigenvalue weighted by Crippen LogP contribution is -3.00. The zero-order valence-electron chi connectivity index (χ0n) is 8.07. The SMILES string of the molecule is Cn1c(C=O)[n+](C)c2ccccc21.[I-]. The van der Waals surface area contributed by atoms with Crippen LogP contribution in [0.4, 0.5) is 0 Å². The van der Waals surface area contributed by atoms with Crippen LogP contribution in [0.2, 0.25) is 0 Å². The van der Waals surface area contributed by atoms with Gasteiger partial charge in [0.15, 0.2) is 11.0 Å². The highest BCUT2D eigenvalue weighted by atomic mass is 127. The number of aromatic nitrogens is 2. The second kappa shape index (κ2) is 4.08. The molecule has 0 saturated carbocycles. The molecule has 4 heteroatoms. The van der Waals surface area contributed by atoms with Gasteiger partial charge in [-0.15, -0.1) is 0 Å². The number of aryl methyl sites for hydroxylation is 2. The number of imidazole rings is 1. The summed E-state index contributed by atoms with van der Waals surface area (Å²) >= 11 is 0. The zero-order valence-corrected chi connectivity index (χ0v) is 10.2. The van der Waals surface area contributed by atoms with E-state index >= 15 is 0 Å². The minimum Gasteiger partial charge on any atom is -1.00 e. The van der Waals surface area contributed by atoms with Gasteiger partial charge in [0.05, 0.1) is 14.1 Å². The number of carbonyl (C=O) groups is 1. The molecule has 0 aliphatic heterocycles. The van der Waals surface area contributed by atoms with E-state index in [1.54, 1.807) is 0 Å². The Hall–Kier alpha value is -0.910. The predicted molar refractivity (Wildman–Crippen MR) is 49.5 cm³/mol. The number of hydrogen-bond acceptors (Lipinski definition) is 1. The standard InChI is InChI=1S/C10H11N2O.HI/c1-11-8-5-3-4-6-9(8)12(2)10(11)7-13;/h3-7H,1-2H3;1H/q+1;/p-1. The highest BCUT2D eigenvalue weighted by molar-refractivity contribution is 5.78. The molecule has 0 fully saturated rings. The van der Waals surface area contributed by atoms with Crippen LogP contribution in [0.3, 0.4) is 0 Å². The maximum Gasteiger partial charge on any atom is 0.322 e. The number of fused-ring (bicyclic) bond motifs is 1. The van der Waals surface area contributed by atoms with Crippen LogP contribution < -0.4 is 28.5 Å². The van der Waals surface area contributed by atoms with Gasteiger partial charge in [-0.1, -0.05) is 12.1 Å². The third kappa shape index (κ3) is 1.43. The average Bonchev–Trinajstić information content (AvgIpc) is 2.41. The highest BCUT2D eigenvalue weighted by Crippen LogP contribution is 2.10. The van der Waals surface area contributed by atoms with Gasteiger partial charge in [0.1, 0.15) is 0 Å². The van der Waals surface area contributed by atoms with E-state index in [1.165, 1.54) is 0 Å². The Morgan fingerprint density at radius 3 is 2.57 bits per heavy atom.